The Kier molecular flexibility index (Phi) is 2.81. The van der Waals surface area contributed by atoms with Crippen LogP contribution in [0.5, 0.6) is 5.75 Å². The first kappa shape index (κ1) is 13.4. The van der Waals surface area contributed by atoms with Crippen molar-refractivity contribution in [2.45, 2.75) is 19.8 Å². The Morgan fingerprint density at radius 2 is 1.58 bits per heavy atom. The van der Waals surface area contributed by atoms with Gasteiger partial charge in [-0.25, -0.2) is 0 Å². The van der Waals surface area contributed by atoms with Crippen LogP contribution in [-0.2, 0) is 9.59 Å². The van der Waals surface area contributed by atoms with Crippen LogP contribution in [0.3, 0.4) is 0 Å². The van der Waals surface area contributed by atoms with Gasteiger partial charge >= 0.3 is 11.9 Å². The first-order chi connectivity index (χ1) is 8.80. The molecule has 0 amide bonds. The fraction of sp³-hybridized carbons (Fsp3) is 0.429. The number of ether oxygens (including phenoxy) is 1. The summed E-state index contributed by atoms with van der Waals surface area (Å²) in [5.74, 6) is -2.46. The van der Waals surface area contributed by atoms with Gasteiger partial charge in [-0.15, -0.1) is 0 Å². The van der Waals surface area contributed by atoms with Crippen LogP contribution in [0.2, 0.25) is 0 Å². The molecule has 0 heterocycles. The summed E-state index contributed by atoms with van der Waals surface area (Å²) >= 11 is 0. The second-order valence-corrected chi connectivity index (χ2v) is 5.35. The van der Waals surface area contributed by atoms with Crippen LogP contribution in [0.1, 0.15) is 25.3 Å². The molecule has 1 saturated carbocycles. The summed E-state index contributed by atoms with van der Waals surface area (Å²) in [6.45, 7) is 3.34. The first-order valence-electron chi connectivity index (χ1n) is 5.91. The molecule has 0 saturated heterocycles. The lowest BCUT2D eigenvalue weighted by atomic mass is 9.96. The zero-order valence-corrected chi connectivity index (χ0v) is 11.0. The molecule has 0 spiro atoms. The highest BCUT2D eigenvalue weighted by Gasteiger charge is 2.81. The molecule has 0 radical (unpaired) electrons. The Morgan fingerprint density at radius 3 is 1.89 bits per heavy atom. The average molecular weight is 264 g/mol. The van der Waals surface area contributed by atoms with Gasteiger partial charge < -0.3 is 14.9 Å². The standard InChI is InChI=1S/C14H16O5/c1-13(2)10(14(13,11(15)16)12(17)18)8-4-6-9(19-3)7-5-8/h4-7,10H,1-3H3,(H,15,16)(H,17,18). The molecule has 5 nitrogen and oxygen atoms in total. The molecule has 1 unspecified atom stereocenters. The van der Waals surface area contributed by atoms with E-state index in [1.165, 1.54) is 7.11 Å². The van der Waals surface area contributed by atoms with Gasteiger partial charge in [-0.2, -0.15) is 0 Å². The minimum absolute atomic E-state index is 0.541. The lowest BCUT2D eigenvalue weighted by Crippen LogP contribution is -2.30. The zero-order valence-electron chi connectivity index (χ0n) is 11.0. The summed E-state index contributed by atoms with van der Waals surface area (Å²) < 4.78 is 5.04. The second kappa shape index (κ2) is 3.98. The smallest absolute Gasteiger partial charge is 0.322 e. The summed E-state index contributed by atoms with van der Waals surface area (Å²) in [5, 5.41) is 18.7. The minimum atomic E-state index is -1.75. The average Bonchev–Trinajstić information content (AvgIpc) is 2.88. The predicted molar refractivity (Wildman–Crippen MR) is 67.2 cm³/mol. The highest BCUT2D eigenvalue weighted by molar-refractivity contribution is 6.05. The van der Waals surface area contributed by atoms with Gasteiger partial charge in [0.1, 0.15) is 5.75 Å². The van der Waals surface area contributed by atoms with Crippen molar-refractivity contribution in [1.29, 1.82) is 0 Å². The maximum Gasteiger partial charge on any atom is 0.322 e. The fourth-order valence-corrected chi connectivity index (χ4v) is 3.12. The molecule has 5 heteroatoms. The van der Waals surface area contributed by atoms with Gasteiger partial charge in [0.05, 0.1) is 7.11 Å². The third-order valence-corrected chi connectivity index (χ3v) is 4.21. The normalized spacial score (nSPS) is 22.6. The molecule has 0 aromatic heterocycles. The Morgan fingerprint density at radius 1 is 1.11 bits per heavy atom. The fourth-order valence-electron chi connectivity index (χ4n) is 3.12. The number of hydrogen-bond donors (Lipinski definition) is 2. The first-order valence-corrected chi connectivity index (χ1v) is 5.91. The van der Waals surface area contributed by atoms with Crippen LogP contribution in [0.4, 0.5) is 0 Å². The highest BCUT2D eigenvalue weighted by Crippen LogP contribution is 2.74. The molecule has 0 bridgehead atoms. The summed E-state index contributed by atoms with van der Waals surface area (Å²) in [6.07, 6.45) is 0. The zero-order chi connectivity index (χ0) is 14.4. The van der Waals surface area contributed by atoms with Crippen molar-refractivity contribution in [3.8, 4) is 5.75 Å². The number of methoxy groups -OCH3 is 1. The Labute approximate surface area is 110 Å². The van der Waals surface area contributed by atoms with Crippen molar-refractivity contribution >= 4 is 11.9 Å². The molecule has 1 aliphatic carbocycles. The SMILES string of the molecule is COc1ccc(C2C(C)(C)C2(C(=O)O)C(=O)O)cc1. The Hall–Kier alpha value is -2.04. The maximum atomic E-state index is 11.4. The lowest BCUT2D eigenvalue weighted by molar-refractivity contribution is -0.159. The molecule has 19 heavy (non-hydrogen) atoms. The number of hydrogen-bond acceptors (Lipinski definition) is 3. The molecule has 1 aromatic carbocycles. The van der Waals surface area contributed by atoms with Crippen molar-refractivity contribution in [1.82, 2.24) is 0 Å². The van der Waals surface area contributed by atoms with E-state index in [1.807, 2.05) is 0 Å². The van der Waals surface area contributed by atoms with Gasteiger partial charge in [-0.05, 0) is 17.7 Å². The van der Waals surface area contributed by atoms with Crippen LogP contribution in [0, 0.1) is 10.8 Å². The molecular formula is C14H16O5. The molecule has 2 rings (SSSR count). The van der Waals surface area contributed by atoms with Gasteiger partial charge in [0.2, 0.25) is 0 Å². The van der Waals surface area contributed by atoms with E-state index in [9.17, 15) is 19.8 Å². The van der Waals surface area contributed by atoms with E-state index >= 15 is 0 Å². The summed E-state index contributed by atoms with van der Waals surface area (Å²) in [7, 11) is 1.54. The van der Waals surface area contributed by atoms with Gasteiger partial charge in [-0.3, -0.25) is 9.59 Å². The number of aliphatic carboxylic acids is 2. The summed E-state index contributed by atoms with van der Waals surface area (Å²) in [6, 6.07) is 6.86. The minimum Gasteiger partial charge on any atom is -0.497 e. The Bertz CT molecular complexity index is 515. The number of benzene rings is 1. The van der Waals surface area contributed by atoms with E-state index in [-0.39, 0.29) is 0 Å². The van der Waals surface area contributed by atoms with Crippen molar-refractivity contribution in [2.75, 3.05) is 7.11 Å². The molecule has 0 aliphatic heterocycles. The Balaban J connectivity index is 2.45. The van der Waals surface area contributed by atoms with E-state index in [1.54, 1.807) is 38.1 Å². The van der Waals surface area contributed by atoms with Crippen LogP contribution in [0.15, 0.2) is 24.3 Å². The second-order valence-electron chi connectivity index (χ2n) is 5.35. The lowest BCUT2D eigenvalue weighted by Gasteiger charge is -2.08. The van der Waals surface area contributed by atoms with Crippen LogP contribution >= 0.6 is 0 Å². The van der Waals surface area contributed by atoms with Gasteiger partial charge in [0, 0.05) is 11.3 Å². The third kappa shape index (κ3) is 1.54. The molecule has 102 valence electrons. The van der Waals surface area contributed by atoms with E-state index in [0.717, 1.165) is 0 Å². The largest absolute Gasteiger partial charge is 0.497 e. The third-order valence-electron chi connectivity index (χ3n) is 4.21. The van der Waals surface area contributed by atoms with Crippen molar-refractivity contribution < 1.29 is 24.5 Å². The molecule has 1 aromatic rings. The molecular weight excluding hydrogens is 248 g/mol. The summed E-state index contributed by atoms with van der Waals surface area (Å²) in [4.78, 5) is 22.9. The number of carbonyl (C=O) groups is 2. The molecule has 2 N–H and O–H groups in total. The van der Waals surface area contributed by atoms with Gasteiger partial charge in [-0.1, -0.05) is 26.0 Å². The molecule has 1 aliphatic rings. The monoisotopic (exact) mass is 264 g/mol. The number of carboxylic acids is 2. The number of carboxylic acid groups (broad SMARTS) is 2. The topological polar surface area (TPSA) is 83.8 Å². The van der Waals surface area contributed by atoms with E-state index in [4.69, 9.17) is 4.74 Å². The summed E-state index contributed by atoms with van der Waals surface area (Å²) in [5.41, 5.74) is -1.86. The van der Waals surface area contributed by atoms with E-state index in [2.05, 4.69) is 0 Å². The van der Waals surface area contributed by atoms with E-state index in [0.29, 0.717) is 11.3 Å². The van der Waals surface area contributed by atoms with Crippen LogP contribution < -0.4 is 4.74 Å². The predicted octanol–water partition coefficient (Wildman–Crippen LogP) is 1.97. The quantitative estimate of drug-likeness (QED) is 0.812. The van der Waals surface area contributed by atoms with Crippen molar-refractivity contribution in [3.63, 3.8) is 0 Å². The highest BCUT2D eigenvalue weighted by atomic mass is 16.5. The molecule has 1 fully saturated rings. The van der Waals surface area contributed by atoms with E-state index < -0.39 is 28.7 Å². The maximum absolute atomic E-state index is 11.4. The van der Waals surface area contributed by atoms with Gasteiger partial charge in [0.15, 0.2) is 5.41 Å². The van der Waals surface area contributed by atoms with Gasteiger partial charge in [0.25, 0.3) is 0 Å². The van der Waals surface area contributed by atoms with Crippen molar-refractivity contribution in [2.24, 2.45) is 10.8 Å². The van der Waals surface area contributed by atoms with Crippen molar-refractivity contribution in [3.05, 3.63) is 29.8 Å². The molecule has 1 atom stereocenters. The van der Waals surface area contributed by atoms with Crippen LogP contribution in [-0.4, -0.2) is 29.3 Å². The number of rotatable bonds is 4. The van der Waals surface area contributed by atoms with Crippen LogP contribution in [0.25, 0.3) is 0 Å².